The number of unbranched alkanes of at least 4 members (excludes halogenated alkanes) is 1. The summed E-state index contributed by atoms with van der Waals surface area (Å²) in [6.45, 7) is 13.2. The maximum absolute atomic E-state index is 2.35. The smallest absolute Gasteiger partial charge is 0.0420 e. The van der Waals surface area contributed by atoms with Gasteiger partial charge in [0.1, 0.15) is 0 Å². The molecule has 0 radical (unpaired) electrons. The first-order valence-electron chi connectivity index (χ1n) is 5.18. The van der Waals surface area contributed by atoms with Crippen LogP contribution in [0.15, 0.2) is 0 Å². The van der Waals surface area contributed by atoms with Gasteiger partial charge in [-0.2, -0.15) is 0 Å². The molecule has 0 rings (SSSR count). The van der Waals surface area contributed by atoms with E-state index < -0.39 is 0 Å². The van der Waals surface area contributed by atoms with Gasteiger partial charge in [0.15, 0.2) is 0 Å². The zero-order valence-corrected chi connectivity index (χ0v) is 9.28. The molecule has 0 aliphatic heterocycles. The van der Waals surface area contributed by atoms with Crippen LogP contribution >= 0.6 is 0 Å². The van der Waals surface area contributed by atoms with Crippen molar-refractivity contribution in [3.63, 3.8) is 0 Å². The molecule has 0 saturated carbocycles. The lowest BCUT2D eigenvalue weighted by Crippen LogP contribution is -2.02. The van der Waals surface area contributed by atoms with E-state index in [9.17, 15) is 0 Å². The maximum Gasteiger partial charge on any atom is -0.0420 e. The Morgan fingerprint density at radius 2 is 1.45 bits per heavy atom. The Hall–Kier alpha value is 0. The predicted octanol–water partition coefficient (Wildman–Crippen LogP) is 4.49. The van der Waals surface area contributed by atoms with E-state index in [1.165, 1.54) is 19.3 Å². The Morgan fingerprint density at radius 1 is 1.00 bits per heavy atom. The van der Waals surface area contributed by atoms with Crippen LogP contribution in [0.1, 0.15) is 60.8 Å². The van der Waals surface area contributed by atoms with E-state index in [0.29, 0.717) is 0 Å². The van der Waals surface area contributed by atoms with E-state index in [0.717, 1.165) is 11.8 Å². The summed E-state index contributed by atoms with van der Waals surface area (Å²) >= 11 is 0. The van der Waals surface area contributed by atoms with Crippen molar-refractivity contribution in [1.82, 2.24) is 0 Å². The molecular weight excluding hydrogens is 132 g/mol. The molecule has 0 N–H and O–H groups in total. The summed E-state index contributed by atoms with van der Waals surface area (Å²) in [5.41, 5.74) is 0. The molecule has 0 spiro atoms. The number of rotatable bonds is 4. The van der Waals surface area contributed by atoms with Crippen molar-refractivity contribution >= 4 is 0 Å². The Balaban J connectivity index is 0. The SMILES string of the molecule is CC.CCCC[C@H](C)C(C)C. The van der Waals surface area contributed by atoms with E-state index in [1.54, 1.807) is 0 Å². The van der Waals surface area contributed by atoms with E-state index in [1.807, 2.05) is 13.8 Å². The van der Waals surface area contributed by atoms with Gasteiger partial charge in [0, 0.05) is 0 Å². The Kier molecular flexibility index (Phi) is 12.3. The van der Waals surface area contributed by atoms with Crippen LogP contribution in [-0.4, -0.2) is 0 Å². The third kappa shape index (κ3) is 10.0. The quantitative estimate of drug-likeness (QED) is 0.565. The monoisotopic (exact) mass is 158 g/mol. The summed E-state index contributed by atoms with van der Waals surface area (Å²) in [7, 11) is 0. The van der Waals surface area contributed by atoms with Crippen LogP contribution in [0.2, 0.25) is 0 Å². The molecule has 70 valence electrons. The Morgan fingerprint density at radius 3 is 1.73 bits per heavy atom. The molecule has 0 saturated heterocycles. The summed E-state index contributed by atoms with van der Waals surface area (Å²) in [6.07, 6.45) is 4.16. The third-order valence-corrected chi connectivity index (χ3v) is 2.15. The lowest BCUT2D eigenvalue weighted by Gasteiger charge is -2.13. The predicted molar refractivity (Wildman–Crippen MR) is 54.9 cm³/mol. The molecule has 0 aromatic rings. The Bertz CT molecular complexity index is 55.1. The molecule has 0 heteroatoms. The van der Waals surface area contributed by atoms with Crippen LogP contribution in [0.5, 0.6) is 0 Å². The van der Waals surface area contributed by atoms with Crippen molar-refractivity contribution < 1.29 is 0 Å². The standard InChI is InChI=1S/C9H20.C2H6/c1-5-6-7-9(4)8(2)3;1-2/h8-9H,5-7H2,1-4H3;1-2H3/t9-;/m0./s1. The minimum absolute atomic E-state index is 0.872. The van der Waals surface area contributed by atoms with Crippen molar-refractivity contribution in [2.45, 2.75) is 60.8 Å². The van der Waals surface area contributed by atoms with E-state index in [4.69, 9.17) is 0 Å². The zero-order chi connectivity index (χ0) is 9.28. The van der Waals surface area contributed by atoms with Gasteiger partial charge in [-0.15, -0.1) is 0 Å². The molecule has 0 aromatic heterocycles. The average molecular weight is 158 g/mol. The second-order valence-corrected chi connectivity index (χ2v) is 3.36. The highest BCUT2D eigenvalue weighted by Gasteiger charge is 2.04. The highest BCUT2D eigenvalue weighted by Crippen LogP contribution is 2.16. The first kappa shape index (κ1) is 13.6. The molecule has 0 bridgehead atoms. The van der Waals surface area contributed by atoms with Crippen LogP contribution in [0.4, 0.5) is 0 Å². The molecular formula is C11H26. The summed E-state index contributed by atoms with van der Waals surface area (Å²) < 4.78 is 0. The molecule has 11 heavy (non-hydrogen) atoms. The second-order valence-electron chi connectivity index (χ2n) is 3.36. The lowest BCUT2D eigenvalue weighted by atomic mass is 9.93. The van der Waals surface area contributed by atoms with Gasteiger partial charge in [-0.25, -0.2) is 0 Å². The number of hydrogen-bond acceptors (Lipinski definition) is 0. The van der Waals surface area contributed by atoms with Crippen molar-refractivity contribution in [3.8, 4) is 0 Å². The van der Waals surface area contributed by atoms with Crippen molar-refractivity contribution in [1.29, 1.82) is 0 Å². The largest absolute Gasteiger partial charge is 0.0683 e. The van der Waals surface area contributed by atoms with Gasteiger partial charge in [-0.05, 0) is 11.8 Å². The van der Waals surface area contributed by atoms with E-state index >= 15 is 0 Å². The summed E-state index contributed by atoms with van der Waals surface area (Å²) in [5.74, 6) is 1.79. The molecule has 0 amide bonds. The summed E-state index contributed by atoms with van der Waals surface area (Å²) in [6, 6.07) is 0. The Labute approximate surface area is 73.4 Å². The fourth-order valence-electron chi connectivity index (χ4n) is 0.859. The topological polar surface area (TPSA) is 0 Å². The first-order valence-corrected chi connectivity index (χ1v) is 5.18. The van der Waals surface area contributed by atoms with Crippen LogP contribution in [0.3, 0.4) is 0 Å². The van der Waals surface area contributed by atoms with Gasteiger partial charge < -0.3 is 0 Å². The first-order chi connectivity index (χ1) is 5.18. The fraction of sp³-hybridized carbons (Fsp3) is 1.00. The molecule has 0 aliphatic rings. The van der Waals surface area contributed by atoms with Gasteiger partial charge in [-0.3, -0.25) is 0 Å². The minimum atomic E-state index is 0.872. The van der Waals surface area contributed by atoms with Crippen LogP contribution < -0.4 is 0 Å². The minimum Gasteiger partial charge on any atom is -0.0683 e. The van der Waals surface area contributed by atoms with Gasteiger partial charge in [0.05, 0.1) is 0 Å². The van der Waals surface area contributed by atoms with Crippen LogP contribution in [0, 0.1) is 11.8 Å². The van der Waals surface area contributed by atoms with Crippen LogP contribution in [-0.2, 0) is 0 Å². The highest BCUT2D eigenvalue weighted by atomic mass is 14.1. The van der Waals surface area contributed by atoms with Crippen molar-refractivity contribution in [3.05, 3.63) is 0 Å². The summed E-state index contributed by atoms with van der Waals surface area (Å²) in [5, 5.41) is 0. The van der Waals surface area contributed by atoms with Gasteiger partial charge in [0.2, 0.25) is 0 Å². The summed E-state index contributed by atoms with van der Waals surface area (Å²) in [4.78, 5) is 0. The van der Waals surface area contributed by atoms with Crippen LogP contribution in [0.25, 0.3) is 0 Å². The molecule has 0 unspecified atom stereocenters. The van der Waals surface area contributed by atoms with Gasteiger partial charge >= 0.3 is 0 Å². The van der Waals surface area contributed by atoms with Gasteiger partial charge in [-0.1, -0.05) is 60.8 Å². The normalized spacial score (nSPS) is 12.3. The van der Waals surface area contributed by atoms with Crippen molar-refractivity contribution in [2.24, 2.45) is 11.8 Å². The van der Waals surface area contributed by atoms with Gasteiger partial charge in [0.25, 0.3) is 0 Å². The molecule has 1 atom stereocenters. The molecule has 0 aliphatic carbocycles. The molecule has 0 fully saturated rings. The van der Waals surface area contributed by atoms with E-state index in [-0.39, 0.29) is 0 Å². The lowest BCUT2D eigenvalue weighted by molar-refractivity contribution is 0.381. The molecule has 0 heterocycles. The van der Waals surface area contributed by atoms with Crippen molar-refractivity contribution in [2.75, 3.05) is 0 Å². The average Bonchev–Trinajstić information content (AvgIpc) is 2.03. The molecule has 0 aromatic carbocycles. The third-order valence-electron chi connectivity index (χ3n) is 2.15. The van der Waals surface area contributed by atoms with E-state index in [2.05, 4.69) is 27.7 Å². The fourth-order valence-corrected chi connectivity index (χ4v) is 0.859. The second kappa shape index (κ2) is 10.0. The molecule has 0 nitrogen and oxygen atoms in total. The zero-order valence-electron chi connectivity index (χ0n) is 9.28. The number of hydrogen-bond donors (Lipinski definition) is 0. The highest BCUT2D eigenvalue weighted by molar-refractivity contribution is 4.55. The maximum atomic E-state index is 2.35.